The number of piperidine rings is 3. The Bertz CT molecular complexity index is 792. The minimum absolute atomic E-state index is 0.0477. The van der Waals surface area contributed by atoms with E-state index in [0.717, 1.165) is 35.5 Å². The Hall–Kier alpha value is -1.65. The van der Waals surface area contributed by atoms with Crippen LogP contribution in [0.15, 0.2) is 30.5 Å². The van der Waals surface area contributed by atoms with Crippen molar-refractivity contribution in [3.63, 3.8) is 0 Å². The lowest BCUT2D eigenvalue weighted by Gasteiger charge is -2.64. The summed E-state index contributed by atoms with van der Waals surface area (Å²) in [4.78, 5) is 7.21. The lowest BCUT2D eigenvalue weighted by Crippen LogP contribution is -2.70. The monoisotopic (exact) mass is 324 g/mol. The smallest absolute Gasteiger partial charge is 0.119 e. The lowest BCUT2D eigenvalue weighted by atomic mass is 9.66. The molecule has 0 amide bonds. The maximum Gasteiger partial charge on any atom is 0.119 e. The molecule has 5 aliphatic heterocycles. The molecular formula is C20H24N2O2. The molecule has 4 bridgehead atoms. The Balaban J connectivity index is 1.63. The van der Waals surface area contributed by atoms with E-state index < -0.39 is 0 Å². The minimum Gasteiger partial charge on any atom is -0.497 e. The summed E-state index contributed by atoms with van der Waals surface area (Å²) in [5, 5.41) is 1.16. The molecular weight excluding hydrogens is 300 g/mol. The van der Waals surface area contributed by atoms with Gasteiger partial charge in [-0.05, 0) is 61.6 Å². The van der Waals surface area contributed by atoms with Crippen molar-refractivity contribution >= 4 is 10.9 Å². The standard InChI is InChI=1S/C20H24N2O2/c1-3-20-12-22-9-7-13(20)10-18(22)19(24-20)15-6-8-21-17-5-4-14(23-2)11-16(15)17/h4-6,8,11,13,18-19H,3,7,9-10,12H2,1-2H3/t13-,18?,19?,20+/m1/s1. The van der Waals surface area contributed by atoms with E-state index in [4.69, 9.17) is 9.47 Å². The van der Waals surface area contributed by atoms with E-state index in [1.54, 1.807) is 7.11 Å². The highest BCUT2D eigenvalue weighted by atomic mass is 16.5. The van der Waals surface area contributed by atoms with Crippen molar-refractivity contribution < 1.29 is 9.47 Å². The van der Waals surface area contributed by atoms with Crippen LogP contribution < -0.4 is 4.74 Å². The highest BCUT2D eigenvalue weighted by Crippen LogP contribution is 2.54. The topological polar surface area (TPSA) is 34.6 Å². The number of ether oxygens (including phenoxy) is 2. The third kappa shape index (κ3) is 1.90. The summed E-state index contributed by atoms with van der Waals surface area (Å²) in [7, 11) is 1.72. The van der Waals surface area contributed by atoms with E-state index >= 15 is 0 Å². The second-order valence-electron chi connectivity index (χ2n) is 7.50. The van der Waals surface area contributed by atoms with Crippen molar-refractivity contribution in [3.05, 3.63) is 36.0 Å². The van der Waals surface area contributed by atoms with Gasteiger partial charge in [-0.2, -0.15) is 0 Å². The van der Waals surface area contributed by atoms with Crippen LogP contribution in [-0.2, 0) is 4.74 Å². The Morgan fingerprint density at radius 2 is 2.29 bits per heavy atom. The quantitative estimate of drug-likeness (QED) is 0.865. The summed E-state index contributed by atoms with van der Waals surface area (Å²) in [6.07, 6.45) is 5.73. The molecule has 1 aromatic carbocycles. The molecule has 5 aliphatic rings. The fourth-order valence-electron chi connectivity index (χ4n) is 5.25. The van der Waals surface area contributed by atoms with Crippen molar-refractivity contribution in [2.75, 3.05) is 20.2 Å². The summed E-state index contributed by atoms with van der Waals surface area (Å²) < 4.78 is 12.3. The Morgan fingerprint density at radius 1 is 1.38 bits per heavy atom. The number of fused-ring (bicyclic) bond motifs is 3. The highest BCUT2D eigenvalue weighted by molar-refractivity contribution is 5.84. The molecule has 24 heavy (non-hydrogen) atoms. The van der Waals surface area contributed by atoms with E-state index in [9.17, 15) is 0 Å². The number of nitrogens with zero attached hydrogens (tertiary/aromatic N) is 2. The van der Waals surface area contributed by atoms with Crippen molar-refractivity contribution in [1.82, 2.24) is 9.88 Å². The van der Waals surface area contributed by atoms with Gasteiger partial charge in [-0.1, -0.05) is 6.92 Å². The van der Waals surface area contributed by atoms with Gasteiger partial charge in [0.05, 0.1) is 24.3 Å². The lowest BCUT2D eigenvalue weighted by molar-refractivity contribution is -0.274. The molecule has 5 fully saturated rings. The third-order valence-corrected chi connectivity index (χ3v) is 6.57. The number of hydrogen-bond acceptors (Lipinski definition) is 4. The predicted molar refractivity (Wildman–Crippen MR) is 93.2 cm³/mol. The first kappa shape index (κ1) is 14.7. The fraction of sp³-hybridized carbons (Fsp3) is 0.550. The zero-order valence-corrected chi connectivity index (χ0v) is 14.4. The van der Waals surface area contributed by atoms with E-state index in [-0.39, 0.29) is 11.7 Å². The van der Waals surface area contributed by atoms with Crippen LogP contribution in [0.3, 0.4) is 0 Å². The molecule has 5 saturated heterocycles. The van der Waals surface area contributed by atoms with Gasteiger partial charge in [-0.25, -0.2) is 0 Å². The maximum absolute atomic E-state index is 6.81. The fourth-order valence-corrected chi connectivity index (χ4v) is 5.25. The first-order chi connectivity index (χ1) is 11.7. The van der Waals surface area contributed by atoms with Crippen molar-refractivity contribution in [3.8, 4) is 5.75 Å². The summed E-state index contributed by atoms with van der Waals surface area (Å²) in [5.74, 6) is 1.61. The average Bonchev–Trinajstić information content (AvgIpc) is 2.66. The van der Waals surface area contributed by atoms with Crippen LogP contribution in [0, 0.1) is 5.92 Å². The van der Waals surface area contributed by atoms with Gasteiger partial charge >= 0.3 is 0 Å². The van der Waals surface area contributed by atoms with Gasteiger partial charge in [0.25, 0.3) is 0 Å². The molecule has 0 N–H and O–H groups in total. The zero-order valence-electron chi connectivity index (χ0n) is 14.4. The summed E-state index contributed by atoms with van der Waals surface area (Å²) >= 11 is 0. The van der Waals surface area contributed by atoms with Crippen LogP contribution in [0.1, 0.15) is 37.9 Å². The molecule has 0 aliphatic carbocycles. The van der Waals surface area contributed by atoms with Gasteiger partial charge in [0.1, 0.15) is 5.75 Å². The summed E-state index contributed by atoms with van der Waals surface area (Å²) in [5.41, 5.74) is 2.34. The van der Waals surface area contributed by atoms with E-state index in [2.05, 4.69) is 28.9 Å². The molecule has 126 valence electrons. The highest BCUT2D eigenvalue weighted by Gasteiger charge is 2.58. The van der Waals surface area contributed by atoms with Gasteiger partial charge in [0.2, 0.25) is 0 Å². The second-order valence-corrected chi connectivity index (χ2v) is 7.50. The number of hydrogen-bond donors (Lipinski definition) is 0. The van der Waals surface area contributed by atoms with Crippen molar-refractivity contribution in [2.24, 2.45) is 5.92 Å². The first-order valence-corrected chi connectivity index (χ1v) is 9.08. The van der Waals surface area contributed by atoms with Crippen LogP contribution in [-0.4, -0.2) is 41.7 Å². The van der Waals surface area contributed by atoms with Gasteiger partial charge in [0.15, 0.2) is 0 Å². The molecule has 1 aromatic heterocycles. The van der Waals surface area contributed by atoms with E-state index in [0.29, 0.717) is 6.04 Å². The molecule has 0 spiro atoms. The molecule has 2 aromatic rings. The number of methoxy groups -OCH3 is 1. The van der Waals surface area contributed by atoms with Gasteiger partial charge in [0, 0.05) is 24.2 Å². The molecule has 7 rings (SSSR count). The molecule has 3 unspecified atom stereocenters. The van der Waals surface area contributed by atoms with Crippen LogP contribution >= 0.6 is 0 Å². The Labute approximate surface area is 142 Å². The number of pyridine rings is 1. The minimum atomic E-state index is 0.0477. The second kappa shape index (κ2) is 5.17. The van der Waals surface area contributed by atoms with E-state index in [1.807, 2.05) is 18.3 Å². The van der Waals surface area contributed by atoms with E-state index in [1.165, 1.54) is 24.9 Å². The third-order valence-electron chi connectivity index (χ3n) is 6.57. The predicted octanol–water partition coefficient (Wildman–Crippen LogP) is 3.56. The van der Waals surface area contributed by atoms with Gasteiger partial charge < -0.3 is 9.47 Å². The van der Waals surface area contributed by atoms with Gasteiger partial charge in [-0.15, -0.1) is 0 Å². The SMILES string of the molecule is CC[C@]12CN3CC[C@@H]1CC3C(c1ccnc3ccc(OC)cc13)O2. The molecule has 0 radical (unpaired) electrons. The van der Waals surface area contributed by atoms with Crippen LogP contribution in [0.4, 0.5) is 0 Å². The maximum atomic E-state index is 6.81. The largest absolute Gasteiger partial charge is 0.497 e. The number of rotatable bonds is 3. The number of morpholine rings is 1. The molecule has 4 heteroatoms. The normalized spacial score (nSPS) is 37.1. The number of benzene rings is 1. The Kier molecular flexibility index (Phi) is 3.16. The van der Waals surface area contributed by atoms with Crippen LogP contribution in [0.5, 0.6) is 5.75 Å². The summed E-state index contributed by atoms with van der Waals surface area (Å²) in [6.45, 7) is 4.62. The average molecular weight is 324 g/mol. The van der Waals surface area contributed by atoms with Crippen LogP contribution in [0.25, 0.3) is 10.9 Å². The van der Waals surface area contributed by atoms with Crippen molar-refractivity contribution in [1.29, 1.82) is 0 Å². The molecule has 4 nitrogen and oxygen atoms in total. The Morgan fingerprint density at radius 3 is 3.04 bits per heavy atom. The first-order valence-electron chi connectivity index (χ1n) is 9.08. The van der Waals surface area contributed by atoms with Gasteiger partial charge in [-0.3, -0.25) is 9.88 Å². The zero-order chi connectivity index (χ0) is 16.3. The molecule has 6 heterocycles. The number of aromatic nitrogens is 1. The summed E-state index contributed by atoms with van der Waals surface area (Å²) in [6, 6.07) is 8.78. The van der Waals surface area contributed by atoms with Crippen molar-refractivity contribution in [2.45, 2.75) is 43.9 Å². The molecule has 5 atom stereocenters. The molecule has 0 saturated carbocycles. The van der Waals surface area contributed by atoms with Crippen LogP contribution in [0.2, 0.25) is 0 Å².